The molecule has 0 saturated carbocycles. The van der Waals surface area contributed by atoms with Gasteiger partial charge in [0.2, 0.25) is 5.43 Å². The molecular weight excluding hydrogens is 352 g/mol. The molecule has 9 heteroatoms. The second-order valence-corrected chi connectivity index (χ2v) is 5.74. The zero-order valence-electron chi connectivity index (χ0n) is 14.3. The molecule has 0 aliphatic carbocycles. The number of aromatic amines is 1. The summed E-state index contributed by atoms with van der Waals surface area (Å²) in [6, 6.07) is 10.1. The minimum atomic E-state index is -0.371. The normalized spacial score (nSPS) is 11.0. The predicted molar refractivity (Wildman–Crippen MR) is 95.3 cm³/mol. The average Bonchev–Trinajstić information content (AvgIpc) is 3.20. The molecule has 4 rings (SSSR count). The standard InChI is InChI=1S/C18H14N4O5/c1-10(23)25-6-7-26-12-3-5-15-14(9-12)17(24)13-4-2-11(8-16(13)27-15)18-19-21-22-20-18/h2-5,8-9H,6-7H2,1H3,(H,19,20,21,22). The number of rotatable bonds is 5. The third-order valence-electron chi connectivity index (χ3n) is 3.92. The van der Waals surface area contributed by atoms with Crippen LogP contribution < -0.4 is 10.2 Å². The topological polar surface area (TPSA) is 120 Å². The van der Waals surface area contributed by atoms with Gasteiger partial charge in [-0.3, -0.25) is 9.59 Å². The lowest BCUT2D eigenvalue weighted by Gasteiger charge is -2.08. The van der Waals surface area contributed by atoms with Crippen LogP contribution in [0.5, 0.6) is 5.75 Å². The van der Waals surface area contributed by atoms with Crippen molar-refractivity contribution in [2.75, 3.05) is 13.2 Å². The summed E-state index contributed by atoms with van der Waals surface area (Å²) in [5.41, 5.74) is 1.41. The quantitative estimate of drug-likeness (QED) is 0.324. The summed E-state index contributed by atoms with van der Waals surface area (Å²) in [4.78, 5) is 23.6. The van der Waals surface area contributed by atoms with Crippen LogP contribution in [-0.2, 0) is 9.53 Å². The SMILES string of the molecule is CC(=O)OCCOc1ccc2oc3cc(-c4nnn[nH]4)ccc3c(=O)c2c1. The fourth-order valence-electron chi connectivity index (χ4n) is 2.70. The van der Waals surface area contributed by atoms with Gasteiger partial charge >= 0.3 is 5.97 Å². The van der Waals surface area contributed by atoms with E-state index in [1.807, 2.05) is 0 Å². The molecule has 2 aromatic carbocycles. The van der Waals surface area contributed by atoms with Crippen molar-refractivity contribution in [3.8, 4) is 17.1 Å². The highest BCUT2D eigenvalue weighted by Crippen LogP contribution is 2.25. The van der Waals surface area contributed by atoms with Gasteiger partial charge in [-0.15, -0.1) is 5.10 Å². The highest BCUT2D eigenvalue weighted by atomic mass is 16.6. The maximum absolute atomic E-state index is 12.8. The fourth-order valence-corrected chi connectivity index (χ4v) is 2.70. The number of fused-ring (bicyclic) bond motifs is 2. The molecule has 27 heavy (non-hydrogen) atoms. The van der Waals surface area contributed by atoms with Crippen LogP contribution >= 0.6 is 0 Å². The first-order valence-electron chi connectivity index (χ1n) is 8.13. The van der Waals surface area contributed by atoms with Crippen LogP contribution in [-0.4, -0.2) is 39.8 Å². The second-order valence-electron chi connectivity index (χ2n) is 5.74. The number of carbonyl (C=O) groups excluding carboxylic acids is 1. The maximum atomic E-state index is 12.8. The smallest absolute Gasteiger partial charge is 0.302 e. The first-order valence-corrected chi connectivity index (χ1v) is 8.13. The van der Waals surface area contributed by atoms with Crippen LogP contribution in [0.3, 0.4) is 0 Å². The van der Waals surface area contributed by atoms with Gasteiger partial charge in [0.05, 0.1) is 10.8 Å². The number of hydrogen-bond acceptors (Lipinski definition) is 8. The predicted octanol–water partition coefficient (Wildman–Crippen LogP) is 2.07. The summed E-state index contributed by atoms with van der Waals surface area (Å²) in [5, 5.41) is 14.4. The van der Waals surface area contributed by atoms with E-state index in [4.69, 9.17) is 13.9 Å². The highest BCUT2D eigenvalue weighted by molar-refractivity contribution is 5.91. The van der Waals surface area contributed by atoms with Crippen molar-refractivity contribution >= 4 is 27.9 Å². The Hall–Kier alpha value is -3.75. The molecule has 1 N–H and O–H groups in total. The molecule has 0 radical (unpaired) electrons. The molecule has 0 unspecified atom stereocenters. The molecule has 0 atom stereocenters. The number of tetrazole rings is 1. The molecule has 2 heterocycles. The molecule has 4 aromatic rings. The van der Waals surface area contributed by atoms with E-state index in [2.05, 4.69) is 20.6 Å². The molecule has 0 saturated heterocycles. The molecule has 0 bridgehead atoms. The number of benzene rings is 2. The lowest BCUT2D eigenvalue weighted by molar-refractivity contribution is -0.141. The number of aromatic nitrogens is 4. The van der Waals surface area contributed by atoms with Crippen molar-refractivity contribution in [1.82, 2.24) is 20.6 Å². The van der Waals surface area contributed by atoms with Crippen LogP contribution in [0.25, 0.3) is 33.3 Å². The molecule has 0 aliphatic rings. The number of carbonyl (C=O) groups is 1. The second kappa shape index (κ2) is 6.87. The largest absolute Gasteiger partial charge is 0.490 e. The molecule has 0 amide bonds. The van der Waals surface area contributed by atoms with Crippen molar-refractivity contribution < 1.29 is 18.7 Å². The summed E-state index contributed by atoms with van der Waals surface area (Å²) in [5.74, 6) is 0.603. The number of H-pyrrole nitrogens is 1. The lowest BCUT2D eigenvalue weighted by atomic mass is 10.1. The molecule has 0 aliphatic heterocycles. The first kappa shape index (κ1) is 16.7. The van der Waals surface area contributed by atoms with Gasteiger partial charge in [0.15, 0.2) is 5.82 Å². The van der Waals surface area contributed by atoms with Crippen molar-refractivity contribution in [2.24, 2.45) is 0 Å². The van der Waals surface area contributed by atoms with E-state index >= 15 is 0 Å². The van der Waals surface area contributed by atoms with Crippen molar-refractivity contribution in [1.29, 1.82) is 0 Å². The van der Waals surface area contributed by atoms with Gasteiger partial charge in [-0.2, -0.15) is 0 Å². The summed E-state index contributed by atoms with van der Waals surface area (Å²) >= 11 is 0. The first-order chi connectivity index (χ1) is 13.1. The summed E-state index contributed by atoms with van der Waals surface area (Å²) in [7, 11) is 0. The number of ether oxygens (including phenoxy) is 2. The molecule has 0 spiro atoms. The minimum Gasteiger partial charge on any atom is -0.490 e. The maximum Gasteiger partial charge on any atom is 0.302 e. The fraction of sp³-hybridized carbons (Fsp3) is 0.167. The van der Waals surface area contributed by atoms with Crippen LogP contribution in [0.4, 0.5) is 0 Å². The zero-order valence-corrected chi connectivity index (χ0v) is 14.3. The van der Waals surface area contributed by atoms with Crippen LogP contribution in [0.2, 0.25) is 0 Å². The van der Waals surface area contributed by atoms with Crippen molar-refractivity contribution in [3.63, 3.8) is 0 Å². The zero-order chi connectivity index (χ0) is 18.8. The summed E-state index contributed by atoms with van der Waals surface area (Å²) < 4.78 is 16.2. The molecule has 136 valence electrons. The van der Waals surface area contributed by atoms with Crippen molar-refractivity contribution in [2.45, 2.75) is 6.92 Å². The third kappa shape index (κ3) is 3.34. The van der Waals surface area contributed by atoms with E-state index < -0.39 is 0 Å². The Balaban J connectivity index is 1.69. The molecule has 9 nitrogen and oxygen atoms in total. The third-order valence-corrected chi connectivity index (χ3v) is 3.92. The Morgan fingerprint density at radius 3 is 2.78 bits per heavy atom. The van der Waals surface area contributed by atoms with Crippen molar-refractivity contribution in [3.05, 3.63) is 46.6 Å². The Morgan fingerprint density at radius 1 is 1.11 bits per heavy atom. The van der Waals surface area contributed by atoms with E-state index in [0.717, 1.165) is 0 Å². The van der Waals surface area contributed by atoms with Crippen LogP contribution in [0, 0.1) is 0 Å². The van der Waals surface area contributed by atoms with E-state index in [0.29, 0.717) is 39.1 Å². The number of esters is 1. The van der Waals surface area contributed by atoms with E-state index in [1.165, 1.54) is 6.92 Å². The Bertz CT molecular complexity index is 1180. The van der Waals surface area contributed by atoms with Crippen LogP contribution in [0.1, 0.15) is 6.92 Å². The molecular formula is C18H14N4O5. The molecule has 2 aromatic heterocycles. The van der Waals surface area contributed by atoms with Gasteiger partial charge in [0, 0.05) is 12.5 Å². The number of nitrogens with one attached hydrogen (secondary N) is 1. The van der Waals surface area contributed by atoms with Gasteiger partial charge in [-0.25, -0.2) is 5.10 Å². The number of hydrogen-bond donors (Lipinski definition) is 1. The Morgan fingerprint density at radius 2 is 2.00 bits per heavy atom. The van der Waals surface area contributed by atoms with Gasteiger partial charge in [-0.1, -0.05) is 6.07 Å². The van der Waals surface area contributed by atoms with Crippen LogP contribution in [0.15, 0.2) is 45.6 Å². The van der Waals surface area contributed by atoms with E-state index in [9.17, 15) is 9.59 Å². The minimum absolute atomic E-state index is 0.138. The molecule has 0 fully saturated rings. The average molecular weight is 366 g/mol. The van der Waals surface area contributed by atoms with Gasteiger partial charge in [0.25, 0.3) is 0 Å². The lowest BCUT2D eigenvalue weighted by Crippen LogP contribution is -2.10. The van der Waals surface area contributed by atoms with Gasteiger partial charge < -0.3 is 13.9 Å². The van der Waals surface area contributed by atoms with E-state index in [-0.39, 0.29) is 24.6 Å². The Kier molecular flexibility index (Phi) is 4.25. The number of nitrogens with zero attached hydrogens (tertiary/aromatic N) is 3. The summed E-state index contributed by atoms with van der Waals surface area (Å²) in [6.45, 7) is 1.66. The monoisotopic (exact) mass is 366 g/mol. The van der Waals surface area contributed by atoms with Gasteiger partial charge in [-0.05, 0) is 40.8 Å². The van der Waals surface area contributed by atoms with E-state index in [1.54, 1.807) is 36.4 Å². The summed E-state index contributed by atoms with van der Waals surface area (Å²) in [6.07, 6.45) is 0. The highest BCUT2D eigenvalue weighted by Gasteiger charge is 2.11. The Labute approximate surface area is 151 Å². The van der Waals surface area contributed by atoms with Gasteiger partial charge in [0.1, 0.15) is 30.1 Å².